The van der Waals surface area contributed by atoms with E-state index >= 15 is 0 Å². The largest absolute Gasteiger partial charge is 0.506 e. The molecule has 0 heterocycles. The van der Waals surface area contributed by atoms with Gasteiger partial charge in [-0.2, -0.15) is 0 Å². The van der Waals surface area contributed by atoms with E-state index in [1.807, 2.05) is 0 Å². The second-order valence-corrected chi connectivity index (χ2v) is 3.31. The van der Waals surface area contributed by atoms with E-state index in [-0.39, 0.29) is 9.13 Å². The lowest BCUT2D eigenvalue weighted by atomic mass is 10.2. The van der Waals surface area contributed by atoms with E-state index in [1.165, 1.54) is 29.5 Å². The third-order valence-corrected chi connectivity index (χ3v) is 2.45. The van der Waals surface area contributed by atoms with Crippen LogP contribution in [0.2, 0.25) is 0 Å². The van der Waals surface area contributed by atoms with E-state index in [0.29, 0.717) is 0 Å². The molecule has 0 aliphatic heterocycles. The monoisotopic (exact) mass is 288 g/mol. The van der Waals surface area contributed by atoms with Crippen molar-refractivity contribution in [2.24, 2.45) is 0 Å². The molecule has 5 heteroatoms. The highest BCUT2D eigenvalue weighted by Crippen LogP contribution is 2.30. The van der Waals surface area contributed by atoms with Crippen molar-refractivity contribution >= 4 is 22.6 Å². The van der Waals surface area contributed by atoms with Crippen molar-refractivity contribution in [3.05, 3.63) is 26.6 Å². The van der Waals surface area contributed by atoms with Gasteiger partial charge in [0.15, 0.2) is 17.5 Å². The minimum Gasteiger partial charge on any atom is -0.506 e. The molecule has 0 fully saturated rings. The summed E-state index contributed by atoms with van der Waals surface area (Å²) in [5, 5.41) is 9.04. The van der Waals surface area contributed by atoms with E-state index in [0.717, 1.165) is 0 Å². The van der Waals surface area contributed by atoms with Gasteiger partial charge in [0.1, 0.15) is 5.75 Å². The fraction of sp³-hybridized carbons (Fsp3) is 0.143. The van der Waals surface area contributed by atoms with Gasteiger partial charge in [-0.3, -0.25) is 0 Å². The van der Waals surface area contributed by atoms with Gasteiger partial charge in [-0.05, 0) is 29.5 Å². The number of benzene rings is 1. The zero-order valence-electron chi connectivity index (χ0n) is 5.96. The quantitative estimate of drug-likeness (QED) is 0.442. The molecule has 1 aromatic carbocycles. The van der Waals surface area contributed by atoms with Crippen molar-refractivity contribution in [1.29, 1.82) is 0 Å². The SMILES string of the molecule is Cc1c(O)c(I)c(F)c(F)c1F. The molecular weight excluding hydrogens is 284 g/mol. The van der Waals surface area contributed by atoms with Crippen LogP contribution in [0.3, 0.4) is 0 Å². The van der Waals surface area contributed by atoms with E-state index in [9.17, 15) is 13.2 Å². The second-order valence-electron chi connectivity index (χ2n) is 2.23. The van der Waals surface area contributed by atoms with E-state index < -0.39 is 23.2 Å². The Balaban J connectivity index is 3.60. The van der Waals surface area contributed by atoms with Crippen LogP contribution < -0.4 is 0 Å². The maximum atomic E-state index is 12.7. The lowest BCUT2D eigenvalue weighted by Crippen LogP contribution is -1.98. The van der Waals surface area contributed by atoms with Crippen LogP contribution in [0.15, 0.2) is 0 Å². The summed E-state index contributed by atoms with van der Waals surface area (Å²) in [6, 6.07) is 0. The van der Waals surface area contributed by atoms with Gasteiger partial charge in [-0.1, -0.05) is 0 Å². The summed E-state index contributed by atoms with van der Waals surface area (Å²) in [5.41, 5.74) is -0.279. The number of rotatable bonds is 0. The standard InChI is InChI=1S/C7H4F3IO/c1-2-3(8)4(9)5(10)6(11)7(2)12/h12H,1H3. The zero-order chi connectivity index (χ0) is 9.46. The first-order valence-corrected chi connectivity index (χ1v) is 4.06. The molecule has 0 saturated heterocycles. The molecule has 12 heavy (non-hydrogen) atoms. The molecule has 1 N–H and O–H groups in total. The molecule has 0 aliphatic carbocycles. The van der Waals surface area contributed by atoms with Gasteiger partial charge < -0.3 is 5.11 Å². The zero-order valence-corrected chi connectivity index (χ0v) is 8.12. The summed E-state index contributed by atoms with van der Waals surface area (Å²) in [5.74, 6) is -4.79. The van der Waals surface area contributed by atoms with Crippen LogP contribution in [0.25, 0.3) is 0 Å². The predicted molar refractivity (Wildman–Crippen MR) is 45.4 cm³/mol. The molecule has 0 bridgehead atoms. The number of hydrogen-bond donors (Lipinski definition) is 1. The van der Waals surface area contributed by atoms with Gasteiger partial charge in [0, 0.05) is 5.56 Å². The van der Waals surface area contributed by atoms with Crippen LogP contribution >= 0.6 is 22.6 Å². The molecule has 0 atom stereocenters. The summed E-state index contributed by atoms with van der Waals surface area (Å²) < 4.78 is 37.6. The lowest BCUT2D eigenvalue weighted by Gasteiger charge is -2.05. The highest BCUT2D eigenvalue weighted by molar-refractivity contribution is 14.1. The Bertz CT molecular complexity index is 233. The minimum atomic E-state index is -1.55. The van der Waals surface area contributed by atoms with Crippen molar-refractivity contribution in [3.63, 3.8) is 0 Å². The topological polar surface area (TPSA) is 20.2 Å². The van der Waals surface area contributed by atoms with E-state index in [4.69, 9.17) is 5.11 Å². The van der Waals surface area contributed by atoms with Crippen LogP contribution in [0.4, 0.5) is 13.2 Å². The average molecular weight is 288 g/mol. The number of hydrogen-bond acceptors (Lipinski definition) is 1. The van der Waals surface area contributed by atoms with Crippen LogP contribution in [0.5, 0.6) is 5.75 Å². The Morgan fingerprint density at radius 3 is 2.08 bits per heavy atom. The molecule has 66 valence electrons. The van der Waals surface area contributed by atoms with Crippen molar-refractivity contribution in [2.45, 2.75) is 6.92 Å². The Morgan fingerprint density at radius 1 is 1.08 bits per heavy atom. The summed E-state index contributed by atoms with van der Waals surface area (Å²) >= 11 is 1.41. The molecule has 1 aromatic rings. The van der Waals surface area contributed by atoms with Gasteiger partial charge in [-0.15, -0.1) is 0 Å². The first kappa shape index (κ1) is 9.63. The van der Waals surface area contributed by atoms with Crippen molar-refractivity contribution in [3.8, 4) is 5.75 Å². The number of halogens is 4. The third-order valence-electron chi connectivity index (χ3n) is 1.47. The summed E-state index contributed by atoms with van der Waals surface area (Å²) in [7, 11) is 0. The molecule has 0 unspecified atom stereocenters. The van der Waals surface area contributed by atoms with Crippen molar-refractivity contribution in [2.75, 3.05) is 0 Å². The van der Waals surface area contributed by atoms with Gasteiger partial charge in [0.2, 0.25) is 0 Å². The Hall–Kier alpha value is -0.460. The minimum absolute atomic E-state index is 0.279. The molecule has 1 rings (SSSR count). The van der Waals surface area contributed by atoms with E-state index in [1.54, 1.807) is 0 Å². The predicted octanol–water partition coefficient (Wildman–Crippen LogP) is 2.72. The highest BCUT2D eigenvalue weighted by atomic mass is 127. The second kappa shape index (κ2) is 3.12. The first-order valence-electron chi connectivity index (χ1n) is 2.98. The van der Waals surface area contributed by atoms with Gasteiger partial charge in [-0.25, -0.2) is 13.2 Å². The molecule has 0 aromatic heterocycles. The van der Waals surface area contributed by atoms with Gasteiger partial charge >= 0.3 is 0 Å². The Morgan fingerprint density at radius 2 is 1.58 bits per heavy atom. The lowest BCUT2D eigenvalue weighted by molar-refractivity contribution is 0.407. The number of aromatic hydroxyl groups is 1. The third kappa shape index (κ3) is 1.26. The molecular formula is C7H4F3IO. The highest BCUT2D eigenvalue weighted by Gasteiger charge is 2.20. The van der Waals surface area contributed by atoms with E-state index in [2.05, 4.69) is 0 Å². The normalized spacial score (nSPS) is 10.4. The summed E-state index contributed by atoms with van der Waals surface area (Å²) in [4.78, 5) is 0. The van der Waals surface area contributed by atoms with Crippen LogP contribution in [-0.2, 0) is 0 Å². The molecule has 0 saturated carbocycles. The van der Waals surface area contributed by atoms with Crippen LogP contribution in [0, 0.1) is 27.9 Å². The Labute approximate surface area is 80.3 Å². The van der Waals surface area contributed by atoms with Crippen LogP contribution in [0.1, 0.15) is 5.56 Å². The fourth-order valence-electron chi connectivity index (χ4n) is 0.730. The van der Waals surface area contributed by atoms with Crippen molar-refractivity contribution in [1.82, 2.24) is 0 Å². The maximum Gasteiger partial charge on any atom is 0.196 e. The molecule has 0 amide bonds. The van der Waals surface area contributed by atoms with Crippen LogP contribution in [-0.4, -0.2) is 5.11 Å². The van der Waals surface area contributed by atoms with Crippen molar-refractivity contribution < 1.29 is 18.3 Å². The molecule has 0 radical (unpaired) electrons. The first-order chi connectivity index (χ1) is 5.46. The molecule has 0 spiro atoms. The number of phenolic OH excluding ortho intramolecular Hbond substituents is 1. The summed E-state index contributed by atoms with van der Waals surface area (Å²) in [6.45, 7) is 1.18. The van der Waals surface area contributed by atoms with Gasteiger partial charge in [0.05, 0.1) is 3.57 Å². The molecule has 1 nitrogen and oxygen atoms in total. The number of phenols is 1. The average Bonchev–Trinajstić information content (AvgIpc) is 2.08. The smallest absolute Gasteiger partial charge is 0.196 e. The fourth-order valence-corrected chi connectivity index (χ4v) is 1.37. The molecule has 0 aliphatic rings. The maximum absolute atomic E-state index is 12.7. The Kier molecular flexibility index (Phi) is 2.50. The summed E-state index contributed by atoms with van der Waals surface area (Å²) in [6.07, 6.45) is 0. The van der Waals surface area contributed by atoms with Gasteiger partial charge in [0.25, 0.3) is 0 Å².